The van der Waals surface area contributed by atoms with E-state index in [-0.39, 0.29) is 5.91 Å². The van der Waals surface area contributed by atoms with E-state index in [9.17, 15) is 4.79 Å². The van der Waals surface area contributed by atoms with Crippen molar-refractivity contribution in [2.24, 2.45) is 5.73 Å². The predicted molar refractivity (Wildman–Crippen MR) is 58.0 cm³/mol. The van der Waals surface area contributed by atoms with Crippen molar-refractivity contribution < 1.29 is 4.79 Å². The average molecular weight is 209 g/mol. The molecule has 74 valence electrons. The molecule has 3 N–H and O–H groups in total. The summed E-state index contributed by atoms with van der Waals surface area (Å²) in [4.78, 5) is 15.6. The standard InChI is InChI=1S/C9H11N3OS/c10-8(14)3-5-12-9(13)7-2-1-4-11-6-7/h1-2,4,6H,3,5H2,(H2,10,14)(H,12,13). The summed E-state index contributed by atoms with van der Waals surface area (Å²) in [6, 6.07) is 3.41. The Morgan fingerprint density at radius 3 is 3.00 bits per heavy atom. The summed E-state index contributed by atoms with van der Waals surface area (Å²) in [5.41, 5.74) is 5.82. The van der Waals surface area contributed by atoms with Crippen LogP contribution in [-0.2, 0) is 0 Å². The van der Waals surface area contributed by atoms with Gasteiger partial charge >= 0.3 is 0 Å². The number of rotatable bonds is 4. The molecule has 4 nitrogen and oxygen atoms in total. The predicted octanol–water partition coefficient (Wildman–Crippen LogP) is 0.488. The van der Waals surface area contributed by atoms with Crippen LogP contribution in [0.15, 0.2) is 24.5 Å². The van der Waals surface area contributed by atoms with Crippen molar-refractivity contribution in [1.82, 2.24) is 10.3 Å². The Morgan fingerprint density at radius 1 is 1.64 bits per heavy atom. The summed E-state index contributed by atoms with van der Waals surface area (Å²) in [7, 11) is 0. The minimum atomic E-state index is -0.158. The van der Waals surface area contributed by atoms with Crippen LogP contribution >= 0.6 is 12.2 Å². The van der Waals surface area contributed by atoms with Gasteiger partial charge in [-0.2, -0.15) is 0 Å². The average Bonchev–Trinajstić information content (AvgIpc) is 2.18. The second-order valence-corrected chi connectivity index (χ2v) is 3.24. The Balaban J connectivity index is 2.40. The zero-order valence-electron chi connectivity index (χ0n) is 7.56. The van der Waals surface area contributed by atoms with E-state index in [1.165, 1.54) is 6.20 Å². The van der Waals surface area contributed by atoms with Crippen LogP contribution in [-0.4, -0.2) is 22.4 Å². The minimum Gasteiger partial charge on any atom is -0.393 e. The van der Waals surface area contributed by atoms with E-state index < -0.39 is 0 Å². The number of hydrogen-bond donors (Lipinski definition) is 2. The maximum atomic E-state index is 11.4. The van der Waals surface area contributed by atoms with Gasteiger partial charge in [-0.15, -0.1) is 0 Å². The van der Waals surface area contributed by atoms with Crippen LogP contribution in [0, 0.1) is 0 Å². The Kier molecular flexibility index (Phi) is 4.00. The van der Waals surface area contributed by atoms with E-state index >= 15 is 0 Å². The highest BCUT2D eigenvalue weighted by molar-refractivity contribution is 7.80. The highest BCUT2D eigenvalue weighted by Crippen LogP contribution is 1.94. The highest BCUT2D eigenvalue weighted by Gasteiger charge is 2.03. The molecule has 1 aromatic rings. The van der Waals surface area contributed by atoms with Gasteiger partial charge in [0.1, 0.15) is 0 Å². The molecule has 1 aromatic heterocycles. The molecule has 0 saturated carbocycles. The molecule has 0 spiro atoms. The number of nitrogens with zero attached hydrogens (tertiary/aromatic N) is 1. The Bertz CT molecular complexity index is 326. The second-order valence-electron chi connectivity index (χ2n) is 2.71. The van der Waals surface area contributed by atoms with Crippen LogP contribution in [0.3, 0.4) is 0 Å². The van der Waals surface area contributed by atoms with Crippen LogP contribution in [0.1, 0.15) is 16.8 Å². The number of carbonyl (C=O) groups is 1. The second kappa shape index (κ2) is 5.29. The van der Waals surface area contributed by atoms with Crippen molar-refractivity contribution in [3.8, 4) is 0 Å². The molecule has 0 atom stereocenters. The Labute approximate surface area is 87.5 Å². The fourth-order valence-electron chi connectivity index (χ4n) is 0.898. The van der Waals surface area contributed by atoms with E-state index in [1.54, 1.807) is 18.3 Å². The van der Waals surface area contributed by atoms with Gasteiger partial charge in [-0.05, 0) is 12.1 Å². The molecule has 5 heteroatoms. The van der Waals surface area contributed by atoms with Crippen molar-refractivity contribution >= 4 is 23.1 Å². The van der Waals surface area contributed by atoms with E-state index in [0.717, 1.165) is 0 Å². The lowest BCUT2D eigenvalue weighted by atomic mass is 10.2. The van der Waals surface area contributed by atoms with E-state index in [4.69, 9.17) is 5.73 Å². The maximum Gasteiger partial charge on any atom is 0.252 e. The number of carbonyl (C=O) groups excluding carboxylic acids is 1. The van der Waals surface area contributed by atoms with E-state index in [2.05, 4.69) is 22.5 Å². The summed E-state index contributed by atoms with van der Waals surface area (Å²) in [5.74, 6) is -0.158. The number of nitrogens with two attached hydrogens (primary N) is 1. The molecule has 1 rings (SSSR count). The minimum absolute atomic E-state index is 0.158. The van der Waals surface area contributed by atoms with Gasteiger partial charge in [-0.3, -0.25) is 9.78 Å². The first kappa shape index (κ1) is 10.6. The Hall–Kier alpha value is -1.49. The zero-order valence-corrected chi connectivity index (χ0v) is 8.38. The van der Waals surface area contributed by atoms with Crippen LogP contribution in [0.4, 0.5) is 0 Å². The van der Waals surface area contributed by atoms with Gasteiger partial charge in [0, 0.05) is 25.4 Å². The van der Waals surface area contributed by atoms with Crippen LogP contribution < -0.4 is 11.1 Å². The normalized spacial score (nSPS) is 9.43. The largest absolute Gasteiger partial charge is 0.393 e. The van der Waals surface area contributed by atoms with Gasteiger partial charge < -0.3 is 11.1 Å². The van der Waals surface area contributed by atoms with E-state index in [0.29, 0.717) is 23.5 Å². The third-order valence-electron chi connectivity index (χ3n) is 1.58. The third-order valence-corrected chi connectivity index (χ3v) is 1.78. The molecular weight excluding hydrogens is 198 g/mol. The summed E-state index contributed by atoms with van der Waals surface area (Å²) in [5, 5.41) is 2.68. The number of hydrogen-bond acceptors (Lipinski definition) is 3. The molecule has 0 saturated heterocycles. The summed E-state index contributed by atoms with van der Waals surface area (Å²) < 4.78 is 0. The molecule has 0 aliphatic carbocycles. The van der Waals surface area contributed by atoms with Crippen molar-refractivity contribution in [1.29, 1.82) is 0 Å². The van der Waals surface area contributed by atoms with Gasteiger partial charge in [-0.1, -0.05) is 12.2 Å². The van der Waals surface area contributed by atoms with E-state index in [1.807, 2.05) is 0 Å². The molecule has 0 aliphatic heterocycles. The Morgan fingerprint density at radius 2 is 2.43 bits per heavy atom. The molecule has 1 heterocycles. The summed E-state index contributed by atoms with van der Waals surface area (Å²) >= 11 is 4.68. The molecule has 0 aliphatic rings. The zero-order chi connectivity index (χ0) is 10.4. The number of pyridine rings is 1. The van der Waals surface area contributed by atoms with Gasteiger partial charge in [0.2, 0.25) is 0 Å². The van der Waals surface area contributed by atoms with Gasteiger partial charge in [0.25, 0.3) is 5.91 Å². The first-order valence-corrected chi connectivity index (χ1v) is 4.57. The lowest BCUT2D eigenvalue weighted by Gasteiger charge is -2.03. The van der Waals surface area contributed by atoms with Crippen LogP contribution in [0.2, 0.25) is 0 Å². The quantitative estimate of drug-likeness (QED) is 0.708. The van der Waals surface area contributed by atoms with Gasteiger partial charge in [0.15, 0.2) is 0 Å². The molecular formula is C9H11N3OS. The summed E-state index contributed by atoms with van der Waals surface area (Å²) in [6.07, 6.45) is 3.64. The number of thiocarbonyl (C=S) groups is 1. The third kappa shape index (κ3) is 3.49. The van der Waals surface area contributed by atoms with Gasteiger partial charge in [0.05, 0.1) is 10.6 Å². The van der Waals surface area contributed by atoms with Gasteiger partial charge in [-0.25, -0.2) is 0 Å². The first-order valence-electron chi connectivity index (χ1n) is 4.16. The molecule has 0 bridgehead atoms. The molecule has 1 amide bonds. The lowest BCUT2D eigenvalue weighted by molar-refractivity contribution is 0.0954. The van der Waals surface area contributed by atoms with Crippen molar-refractivity contribution in [2.45, 2.75) is 6.42 Å². The monoisotopic (exact) mass is 209 g/mol. The van der Waals surface area contributed by atoms with Crippen LogP contribution in [0.5, 0.6) is 0 Å². The number of aromatic nitrogens is 1. The maximum absolute atomic E-state index is 11.4. The summed E-state index contributed by atoms with van der Waals surface area (Å²) in [6.45, 7) is 0.461. The van der Waals surface area contributed by atoms with Crippen molar-refractivity contribution in [3.05, 3.63) is 30.1 Å². The molecule has 0 aromatic carbocycles. The fourth-order valence-corrected chi connectivity index (χ4v) is 1.00. The number of nitrogens with one attached hydrogen (secondary N) is 1. The lowest BCUT2D eigenvalue weighted by Crippen LogP contribution is -2.27. The molecule has 14 heavy (non-hydrogen) atoms. The molecule has 0 radical (unpaired) electrons. The topological polar surface area (TPSA) is 68.0 Å². The van der Waals surface area contributed by atoms with Crippen LogP contribution in [0.25, 0.3) is 0 Å². The number of amides is 1. The SMILES string of the molecule is NC(=S)CCNC(=O)c1cccnc1. The first-order chi connectivity index (χ1) is 6.70. The smallest absolute Gasteiger partial charge is 0.252 e. The fraction of sp³-hybridized carbons (Fsp3) is 0.222. The van der Waals surface area contributed by atoms with Crippen molar-refractivity contribution in [2.75, 3.05) is 6.54 Å². The van der Waals surface area contributed by atoms with Crippen molar-refractivity contribution in [3.63, 3.8) is 0 Å². The highest BCUT2D eigenvalue weighted by atomic mass is 32.1. The molecule has 0 fully saturated rings. The molecule has 0 unspecified atom stereocenters.